The molecule has 2 aromatic carbocycles. The first-order chi connectivity index (χ1) is 22.5. The van der Waals surface area contributed by atoms with Crippen molar-refractivity contribution >= 4 is 17.7 Å². The summed E-state index contributed by atoms with van der Waals surface area (Å²) in [5, 5.41) is 47.7. The second kappa shape index (κ2) is 11.9. The van der Waals surface area contributed by atoms with Crippen LogP contribution >= 0.6 is 0 Å². The Morgan fingerprint density at radius 3 is 2.17 bits per heavy atom. The summed E-state index contributed by atoms with van der Waals surface area (Å²) in [4.78, 5) is 42.0. The Labute approximate surface area is 279 Å². The van der Waals surface area contributed by atoms with Gasteiger partial charge >= 0.3 is 11.9 Å². The summed E-state index contributed by atoms with van der Waals surface area (Å²) >= 11 is 0. The predicted octanol–water partition coefficient (Wildman–Crippen LogP) is 2.40. The highest BCUT2D eigenvalue weighted by Gasteiger charge is 2.75. The highest BCUT2D eigenvalue weighted by molar-refractivity contribution is 5.94. The number of hydrogen-bond donors (Lipinski definition) is 5. The molecule has 2 bridgehead atoms. The van der Waals surface area contributed by atoms with Gasteiger partial charge in [0, 0.05) is 29.6 Å². The quantitative estimate of drug-likeness (QED) is 0.226. The number of aliphatic hydroxyl groups excluding tert-OH is 3. The first-order valence-corrected chi connectivity index (χ1v) is 16.4. The van der Waals surface area contributed by atoms with Gasteiger partial charge in [0.05, 0.1) is 35.8 Å². The molecular formula is C37H45NO10. The molecule has 0 radical (unpaired) electrons. The number of carbonyl (C=O) groups is 3. The van der Waals surface area contributed by atoms with Crippen LogP contribution in [0.1, 0.15) is 69.4 Å². The molecule has 258 valence electrons. The van der Waals surface area contributed by atoms with Gasteiger partial charge in [-0.25, -0.2) is 9.59 Å². The molecule has 1 heterocycles. The van der Waals surface area contributed by atoms with Crippen molar-refractivity contribution in [1.82, 2.24) is 0 Å². The number of ketones is 1. The molecule has 1 saturated heterocycles. The average molecular weight is 664 g/mol. The second-order valence-corrected chi connectivity index (χ2v) is 14.9. The third-order valence-electron chi connectivity index (χ3n) is 12.1. The van der Waals surface area contributed by atoms with Crippen LogP contribution in [-0.4, -0.2) is 87.0 Å². The number of nitrogens with two attached hydrogens (primary N) is 1. The summed E-state index contributed by atoms with van der Waals surface area (Å²) in [5.74, 6) is -3.55. The minimum absolute atomic E-state index is 0.0886. The van der Waals surface area contributed by atoms with Crippen LogP contribution < -0.4 is 5.73 Å². The predicted molar refractivity (Wildman–Crippen MR) is 172 cm³/mol. The van der Waals surface area contributed by atoms with Crippen LogP contribution in [0.25, 0.3) is 0 Å². The topological polar surface area (TPSA) is 186 Å². The lowest BCUT2D eigenvalue weighted by molar-refractivity contribution is -0.313. The second-order valence-electron chi connectivity index (χ2n) is 14.9. The minimum Gasteiger partial charge on any atom is -0.456 e. The van der Waals surface area contributed by atoms with Gasteiger partial charge in [-0.05, 0) is 42.7 Å². The largest absolute Gasteiger partial charge is 0.456 e. The maximum atomic E-state index is 14.6. The van der Waals surface area contributed by atoms with E-state index in [1.807, 2.05) is 6.92 Å². The highest BCUT2D eigenvalue weighted by Crippen LogP contribution is 2.65. The Kier molecular flexibility index (Phi) is 8.50. The van der Waals surface area contributed by atoms with Crippen molar-refractivity contribution < 1.29 is 49.0 Å². The fraction of sp³-hybridized carbons (Fsp3) is 0.541. The summed E-state index contributed by atoms with van der Waals surface area (Å²) in [7, 11) is 0. The zero-order valence-corrected chi connectivity index (χ0v) is 27.8. The molecule has 48 heavy (non-hydrogen) atoms. The summed E-state index contributed by atoms with van der Waals surface area (Å²) in [6, 6.07) is 15.6. The van der Waals surface area contributed by atoms with E-state index in [0.717, 1.165) is 0 Å². The molecule has 4 unspecified atom stereocenters. The van der Waals surface area contributed by atoms with Gasteiger partial charge in [0.2, 0.25) is 0 Å². The normalized spacial score (nSPS) is 38.2. The van der Waals surface area contributed by atoms with Crippen LogP contribution in [0.15, 0.2) is 71.8 Å². The van der Waals surface area contributed by atoms with Gasteiger partial charge in [-0.3, -0.25) is 4.79 Å². The van der Waals surface area contributed by atoms with Gasteiger partial charge in [0.15, 0.2) is 11.9 Å². The Morgan fingerprint density at radius 2 is 1.58 bits per heavy atom. The van der Waals surface area contributed by atoms with E-state index < -0.39 is 88.2 Å². The molecule has 2 saturated carbocycles. The van der Waals surface area contributed by atoms with E-state index in [2.05, 4.69) is 0 Å². The van der Waals surface area contributed by atoms with E-state index in [9.17, 15) is 34.8 Å². The molecule has 6 rings (SSSR count). The van der Waals surface area contributed by atoms with E-state index in [4.69, 9.17) is 19.9 Å². The number of Topliss-reactive ketones (excluding diaryl/α,β-unsaturated/α-hetero) is 1. The number of hydrogen-bond acceptors (Lipinski definition) is 11. The lowest BCUT2D eigenvalue weighted by Gasteiger charge is -2.68. The van der Waals surface area contributed by atoms with Crippen LogP contribution in [0.3, 0.4) is 0 Å². The van der Waals surface area contributed by atoms with Gasteiger partial charge in [-0.15, -0.1) is 0 Å². The van der Waals surface area contributed by atoms with Crippen molar-refractivity contribution in [1.29, 1.82) is 0 Å². The van der Waals surface area contributed by atoms with Gasteiger partial charge in [0.25, 0.3) is 0 Å². The first kappa shape index (κ1) is 34.4. The number of fused-ring (bicyclic) bond motifs is 5. The SMILES string of the molecule is CC1=C2[C@@H](O)C(=O)C3(C)C(C(OC(=O)c4ccccc4)[C@](O)(C[C@@H]1OC(=O)[C@H](O)[C@@H](N)c1ccccc1)C2(C)C)[C@]1(C)COC1C[C@@H]3O. The maximum Gasteiger partial charge on any atom is 0.338 e. The minimum atomic E-state index is -2.07. The van der Waals surface area contributed by atoms with Crippen LogP contribution in [-0.2, 0) is 23.8 Å². The molecule has 2 aromatic rings. The Morgan fingerprint density at radius 1 is 0.979 bits per heavy atom. The molecule has 6 N–H and O–H groups in total. The molecule has 1 aliphatic heterocycles. The number of rotatable bonds is 6. The number of ether oxygens (including phenoxy) is 3. The van der Waals surface area contributed by atoms with Crippen LogP contribution in [0, 0.1) is 22.2 Å². The van der Waals surface area contributed by atoms with E-state index >= 15 is 0 Å². The standard InChI is InChI=1S/C37H45NO10/c1-19-22(47-33(44)28(41)26(38)20-12-8-6-9-13-20)17-37(45)31(48-32(43)21-14-10-7-11-15-21)29-35(4)18-46-24(35)16-23(39)36(29,5)30(42)27(40)25(19)34(37,2)3/h6-15,22-24,26-29,31,39-41,45H,16-18,38H2,1-5H3/t22-,23-,24?,26-,27+,28+,29?,31?,35+,36?,37+/m0/s1. The van der Waals surface area contributed by atoms with Crippen molar-refractivity contribution in [3.63, 3.8) is 0 Å². The lowest BCUT2D eigenvalue weighted by atomic mass is 9.42. The zero-order valence-electron chi connectivity index (χ0n) is 27.8. The number of aliphatic hydroxyl groups is 4. The summed E-state index contributed by atoms with van der Waals surface area (Å²) in [6.07, 6.45) is -8.29. The third kappa shape index (κ3) is 4.89. The monoisotopic (exact) mass is 663 g/mol. The fourth-order valence-electron chi connectivity index (χ4n) is 9.00. The van der Waals surface area contributed by atoms with Gasteiger partial charge in [0.1, 0.15) is 23.9 Å². The number of esters is 2. The highest BCUT2D eigenvalue weighted by atomic mass is 16.6. The molecule has 11 nitrogen and oxygen atoms in total. The number of carbonyl (C=O) groups excluding carboxylic acids is 3. The van der Waals surface area contributed by atoms with E-state index in [1.165, 1.54) is 0 Å². The average Bonchev–Trinajstić information content (AvgIpc) is 3.06. The number of benzene rings is 2. The Bertz CT molecular complexity index is 1630. The van der Waals surface area contributed by atoms with E-state index in [-0.39, 0.29) is 30.6 Å². The molecule has 11 atom stereocenters. The maximum absolute atomic E-state index is 14.6. The molecule has 0 aromatic heterocycles. The van der Waals surface area contributed by atoms with Crippen molar-refractivity contribution in [2.45, 2.75) is 95.7 Å². The molecular weight excluding hydrogens is 618 g/mol. The van der Waals surface area contributed by atoms with Crippen molar-refractivity contribution in [3.8, 4) is 0 Å². The molecule has 3 fully saturated rings. The van der Waals surface area contributed by atoms with Gasteiger partial charge < -0.3 is 40.4 Å². The molecule has 4 aliphatic rings. The van der Waals surface area contributed by atoms with E-state index in [1.54, 1.807) is 88.4 Å². The molecule has 0 spiro atoms. The van der Waals surface area contributed by atoms with Crippen LogP contribution in [0.4, 0.5) is 0 Å². The van der Waals surface area contributed by atoms with Crippen molar-refractivity contribution in [3.05, 3.63) is 82.9 Å². The first-order valence-electron chi connectivity index (χ1n) is 16.4. The summed E-state index contributed by atoms with van der Waals surface area (Å²) < 4.78 is 18.1. The summed E-state index contributed by atoms with van der Waals surface area (Å²) in [5.41, 5.74) is 1.30. The molecule has 11 heteroatoms. The van der Waals surface area contributed by atoms with Crippen molar-refractivity contribution in [2.24, 2.45) is 27.9 Å². The molecule has 3 aliphatic carbocycles. The van der Waals surface area contributed by atoms with Gasteiger partial charge in [-0.1, -0.05) is 69.3 Å². The fourth-order valence-corrected chi connectivity index (χ4v) is 9.00. The van der Waals surface area contributed by atoms with Crippen LogP contribution in [0.2, 0.25) is 0 Å². The molecule has 0 amide bonds. The van der Waals surface area contributed by atoms with Crippen LogP contribution in [0.5, 0.6) is 0 Å². The Balaban J connectivity index is 1.49. The van der Waals surface area contributed by atoms with Gasteiger partial charge in [-0.2, -0.15) is 0 Å². The van der Waals surface area contributed by atoms with E-state index in [0.29, 0.717) is 11.1 Å². The lowest BCUT2D eigenvalue weighted by Crippen LogP contribution is -2.77. The summed E-state index contributed by atoms with van der Waals surface area (Å²) in [6.45, 7) is 8.50. The van der Waals surface area contributed by atoms with Crippen molar-refractivity contribution in [2.75, 3.05) is 6.61 Å². The smallest absolute Gasteiger partial charge is 0.338 e. The third-order valence-corrected chi connectivity index (χ3v) is 12.1. The Hall–Kier alpha value is -3.45. The zero-order chi connectivity index (χ0) is 35.0.